The van der Waals surface area contributed by atoms with Crippen molar-refractivity contribution < 1.29 is 13.2 Å². The van der Waals surface area contributed by atoms with Crippen molar-refractivity contribution in [2.45, 2.75) is 62.3 Å². The third-order valence-corrected chi connectivity index (χ3v) is 8.95. The molecule has 1 amide bonds. The van der Waals surface area contributed by atoms with Crippen LogP contribution in [0.3, 0.4) is 0 Å². The van der Waals surface area contributed by atoms with Crippen molar-refractivity contribution in [2.24, 2.45) is 11.8 Å². The molecule has 0 bridgehead atoms. The maximum atomic E-state index is 13.2. The Labute approximate surface area is 173 Å². The summed E-state index contributed by atoms with van der Waals surface area (Å²) in [4.78, 5) is 15.6. The quantitative estimate of drug-likeness (QED) is 0.738. The van der Waals surface area contributed by atoms with Gasteiger partial charge in [-0.1, -0.05) is 24.4 Å². The SMILES string of the molecule is O=C(C1CCN(S(=O)(=O)c2ccc(Cl)cc2)CC1)N1CCCC2CCCCC21. The minimum Gasteiger partial charge on any atom is -0.339 e. The van der Waals surface area contributed by atoms with E-state index < -0.39 is 10.0 Å². The highest BCUT2D eigenvalue weighted by molar-refractivity contribution is 7.89. The zero-order valence-corrected chi connectivity index (χ0v) is 17.8. The first kappa shape index (κ1) is 20.2. The fourth-order valence-electron chi connectivity index (χ4n) is 5.23. The number of carbonyl (C=O) groups is 1. The van der Waals surface area contributed by atoms with Gasteiger partial charge in [0.05, 0.1) is 4.90 Å². The molecule has 0 radical (unpaired) electrons. The van der Waals surface area contributed by atoms with Gasteiger partial charge in [-0.15, -0.1) is 0 Å². The predicted octanol–water partition coefficient (Wildman–Crippen LogP) is 3.92. The number of carbonyl (C=O) groups excluding carboxylic acids is 1. The maximum Gasteiger partial charge on any atom is 0.243 e. The largest absolute Gasteiger partial charge is 0.339 e. The number of rotatable bonds is 3. The number of hydrogen-bond donors (Lipinski definition) is 0. The zero-order valence-electron chi connectivity index (χ0n) is 16.2. The van der Waals surface area contributed by atoms with E-state index in [1.807, 2.05) is 0 Å². The van der Waals surface area contributed by atoms with Gasteiger partial charge >= 0.3 is 0 Å². The second-order valence-electron chi connectivity index (χ2n) is 8.42. The lowest BCUT2D eigenvalue weighted by Gasteiger charge is -2.46. The molecule has 154 valence electrons. The van der Waals surface area contributed by atoms with Crippen LogP contribution in [0.1, 0.15) is 51.4 Å². The van der Waals surface area contributed by atoms with Gasteiger partial charge in [0, 0.05) is 36.6 Å². The highest BCUT2D eigenvalue weighted by Crippen LogP contribution is 2.37. The van der Waals surface area contributed by atoms with Crippen LogP contribution in [0.25, 0.3) is 0 Å². The van der Waals surface area contributed by atoms with Gasteiger partial charge in [-0.25, -0.2) is 8.42 Å². The van der Waals surface area contributed by atoms with Gasteiger partial charge < -0.3 is 4.90 Å². The Morgan fingerprint density at radius 1 is 0.893 bits per heavy atom. The number of hydrogen-bond acceptors (Lipinski definition) is 3. The number of amides is 1. The summed E-state index contributed by atoms with van der Waals surface area (Å²) >= 11 is 5.87. The van der Waals surface area contributed by atoms with Gasteiger partial charge in [0.25, 0.3) is 0 Å². The van der Waals surface area contributed by atoms with Gasteiger partial charge in [-0.05, 0) is 68.7 Å². The molecule has 0 aromatic heterocycles. The molecule has 3 fully saturated rings. The number of halogens is 1. The fourth-order valence-corrected chi connectivity index (χ4v) is 6.83. The highest BCUT2D eigenvalue weighted by atomic mass is 35.5. The van der Waals surface area contributed by atoms with Crippen molar-refractivity contribution in [3.63, 3.8) is 0 Å². The van der Waals surface area contributed by atoms with Crippen LogP contribution in [0.2, 0.25) is 5.02 Å². The molecule has 2 atom stereocenters. The van der Waals surface area contributed by atoms with Crippen LogP contribution >= 0.6 is 11.6 Å². The molecule has 4 rings (SSSR count). The average Bonchev–Trinajstić information content (AvgIpc) is 2.73. The molecule has 7 heteroatoms. The first-order chi connectivity index (χ1) is 13.5. The molecule has 2 unspecified atom stereocenters. The Morgan fingerprint density at radius 3 is 2.25 bits per heavy atom. The van der Waals surface area contributed by atoms with E-state index in [2.05, 4.69) is 4.90 Å². The summed E-state index contributed by atoms with van der Waals surface area (Å²) in [6.45, 7) is 1.69. The standard InChI is InChI=1S/C21H29ClN2O3S/c22-18-7-9-19(10-8-18)28(26,27)23-14-11-17(12-15-23)21(25)24-13-3-5-16-4-1-2-6-20(16)24/h7-10,16-17,20H,1-6,11-15H2. The van der Waals surface area contributed by atoms with E-state index in [1.165, 1.54) is 30.0 Å². The number of nitrogens with zero attached hydrogens (tertiary/aromatic N) is 2. The Bertz CT molecular complexity index is 801. The van der Waals surface area contributed by atoms with Gasteiger partial charge in [-0.3, -0.25) is 4.79 Å². The van der Waals surface area contributed by atoms with Crippen LogP contribution in [-0.2, 0) is 14.8 Å². The lowest BCUT2D eigenvalue weighted by atomic mass is 9.77. The number of benzene rings is 1. The summed E-state index contributed by atoms with van der Waals surface area (Å²) in [5, 5.41) is 0.519. The van der Waals surface area contributed by atoms with Crippen LogP contribution < -0.4 is 0 Å². The minimum absolute atomic E-state index is 0.0441. The smallest absolute Gasteiger partial charge is 0.243 e. The molecule has 1 aromatic rings. The van der Waals surface area contributed by atoms with Crippen molar-refractivity contribution in [3.05, 3.63) is 29.3 Å². The lowest BCUT2D eigenvalue weighted by molar-refractivity contribution is -0.143. The topological polar surface area (TPSA) is 57.7 Å². The molecule has 2 saturated heterocycles. The number of sulfonamides is 1. The number of likely N-dealkylation sites (tertiary alicyclic amines) is 1. The Hall–Kier alpha value is -1.11. The molecular formula is C21H29ClN2O3S. The molecule has 0 spiro atoms. The van der Waals surface area contributed by atoms with Crippen molar-refractivity contribution in [1.29, 1.82) is 0 Å². The normalized spacial score (nSPS) is 27.4. The monoisotopic (exact) mass is 424 g/mol. The minimum atomic E-state index is -3.52. The summed E-state index contributed by atoms with van der Waals surface area (Å²) in [6, 6.07) is 6.71. The van der Waals surface area contributed by atoms with E-state index in [0.717, 1.165) is 19.4 Å². The van der Waals surface area contributed by atoms with Gasteiger partial charge in [0.15, 0.2) is 0 Å². The molecule has 28 heavy (non-hydrogen) atoms. The second kappa shape index (κ2) is 8.33. The van der Waals surface area contributed by atoms with Crippen LogP contribution in [0.5, 0.6) is 0 Å². The van der Waals surface area contributed by atoms with Crippen LogP contribution in [0.15, 0.2) is 29.2 Å². The highest BCUT2D eigenvalue weighted by Gasteiger charge is 2.39. The van der Waals surface area contributed by atoms with Crippen molar-refractivity contribution in [3.8, 4) is 0 Å². The van der Waals surface area contributed by atoms with E-state index in [0.29, 0.717) is 42.9 Å². The molecule has 0 N–H and O–H groups in total. The van der Waals surface area contributed by atoms with E-state index in [1.54, 1.807) is 24.3 Å². The molecule has 2 heterocycles. The first-order valence-electron chi connectivity index (χ1n) is 10.5. The van der Waals surface area contributed by atoms with E-state index in [4.69, 9.17) is 11.6 Å². The summed E-state index contributed by atoms with van der Waals surface area (Å²) in [6.07, 6.45) is 8.50. The lowest BCUT2D eigenvalue weighted by Crippen LogP contribution is -2.53. The Morgan fingerprint density at radius 2 is 1.54 bits per heavy atom. The summed E-state index contributed by atoms with van der Waals surface area (Å²) in [5.74, 6) is 0.898. The zero-order chi connectivity index (χ0) is 19.7. The van der Waals surface area contributed by atoms with Crippen LogP contribution in [-0.4, -0.2) is 49.2 Å². The number of fused-ring (bicyclic) bond motifs is 1. The summed E-state index contributed by atoms with van der Waals surface area (Å²) in [7, 11) is -3.52. The summed E-state index contributed by atoms with van der Waals surface area (Å²) in [5.41, 5.74) is 0. The fraction of sp³-hybridized carbons (Fsp3) is 0.667. The van der Waals surface area contributed by atoms with Crippen molar-refractivity contribution >= 4 is 27.5 Å². The third-order valence-electron chi connectivity index (χ3n) is 6.78. The summed E-state index contributed by atoms with van der Waals surface area (Å²) < 4.78 is 27.2. The second-order valence-corrected chi connectivity index (χ2v) is 10.8. The Kier molecular flexibility index (Phi) is 6.00. The molecular weight excluding hydrogens is 396 g/mol. The van der Waals surface area contributed by atoms with Crippen molar-refractivity contribution in [2.75, 3.05) is 19.6 Å². The molecule has 1 aliphatic carbocycles. The van der Waals surface area contributed by atoms with E-state index >= 15 is 0 Å². The van der Waals surface area contributed by atoms with Gasteiger partial charge in [0.1, 0.15) is 0 Å². The molecule has 1 saturated carbocycles. The van der Waals surface area contributed by atoms with Crippen LogP contribution in [0.4, 0.5) is 0 Å². The third kappa shape index (κ3) is 3.96. The molecule has 2 aliphatic heterocycles. The molecule has 5 nitrogen and oxygen atoms in total. The molecule has 1 aromatic carbocycles. The number of piperidine rings is 2. The van der Waals surface area contributed by atoms with Gasteiger partial charge in [0.2, 0.25) is 15.9 Å². The maximum absolute atomic E-state index is 13.2. The Balaban J connectivity index is 1.39. The predicted molar refractivity (Wildman–Crippen MR) is 110 cm³/mol. The van der Waals surface area contributed by atoms with Crippen LogP contribution in [0, 0.1) is 11.8 Å². The van der Waals surface area contributed by atoms with Crippen molar-refractivity contribution in [1.82, 2.24) is 9.21 Å². The van der Waals surface area contributed by atoms with E-state index in [-0.39, 0.29) is 16.7 Å². The average molecular weight is 425 g/mol. The first-order valence-corrected chi connectivity index (χ1v) is 12.3. The van der Waals surface area contributed by atoms with Gasteiger partial charge in [-0.2, -0.15) is 4.31 Å². The molecule has 3 aliphatic rings. The van der Waals surface area contributed by atoms with E-state index in [9.17, 15) is 13.2 Å².